The summed E-state index contributed by atoms with van der Waals surface area (Å²) in [6.45, 7) is 0. The molecule has 5 rings (SSSR count). The molecule has 0 radical (unpaired) electrons. The predicted molar refractivity (Wildman–Crippen MR) is 106 cm³/mol. The fourth-order valence-corrected chi connectivity index (χ4v) is 4.67. The molecule has 2 unspecified atom stereocenters. The van der Waals surface area contributed by atoms with Gasteiger partial charge in [0.25, 0.3) is 0 Å². The summed E-state index contributed by atoms with van der Waals surface area (Å²) in [4.78, 5) is 14.3. The van der Waals surface area contributed by atoms with Gasteiger partial charge < -0.3 is 15.4 Å². The van der Waals surface area contributed by atoms with Crippen LogP contribution in [0.4, 0.5) is 11.6 Å². The molecule has 142 valence electrons. The van der Waals surface area contributed by atoms with Crippen molar-refractivity contribution in [3.8, 4) is 5.75 Å². The molecule has 3 aromatic rings. The Morgan fingerprint density at radius 2 is 1.96 bits per heavy atom. The number of carbonyl (C=O) groups is 1. The molecule has 2 N–H and O–H groups in total. The third-order valence-corrected chi connectivity index (χ3v) is 6.19. The highest BCUT2D eigenvalue weighted by Gasteiger charge is 2.37. The van der Waals surface area contributed by atoms with Gasteiger partial charge in [-0.3, -0.25) is 4.79 Å². The van der Waals surface area contributed by atoms with Crippen molar-refractivity contribution in [2.24, 2.45) is 0 Å². The summed E-state index contributed by atoms with van der Waals surface area (Å²) in [5.74, 6) is 2.05. The van der Waals surface area contributed by atoms with Crippen LogP contribution in [-0.4, -0.2) is 23.2 Å². The van der Waals surface area contributed by atoms with E-state index in [1.54, 1.807) is 18.4 Å². The number of Topliss-reactive ketones (excluding diaryl/α,β-unsaturated/α-hetero) is 1. The summed E-state index contributed by atoms with van der Waals surface area (Å²) in [6, 6.07) is 11.7. The minimum atomic E-state index is -0.264. The zero-order valence-corrected chi connectivity index (χ0v) is 16.0. The molecule has 1 aliphatic heterocycles. The standard InChI is InChI=1S/C20H18N4O3S/c1-26-13-6-4-11(5-7-13)12-9-14-17(15(25)10-12)18(16-3-2-8-28-16)22-20-19(21-14)23-27-24-20/h2-8,12,18H,9-10H2,1H3,(H,21,23)(H,22,24). The number of nitrogens with one attached hydrogen (secondary N) is 2. The number of allylic oxidation sites excluding steroid dienone is 1. The van der Waals surface area contributed by atoms with Crippen molar-refractivity contribution in [3.63, 3.8) is 0 Å². The van der Waals surface area contributed by atoms with Gasteiger partial charge in [-0.15, -0.1) is 11.3 Å². The number of thiophene rings is 1. The van der Waals surface area contributed by atoms with Crippen LogP contribution in [0.5, 0.6) is 5.75 Å². The number of anilines is 2. The third-order valence-electron chi connectivity index (χ3n) is 5.25. The fraction of sp³-hybridized carbons (Fsp3) is 0.250. The molecule has 8 heteroatoms. The molecule has 7 nitrogen and oxygen atoms in total. The molecule has 0 saturated carbocycles. The van der Waals surface area contributed by atoms with Gasteiger partial charge in [0.2, 0.25) is 11.6 Å². The van der Waals surface area contributed by atoms with E-state index in [1.165, 1.54) is 0 Å². The lowest BCUT2D eigenvalue weighted by Crippen LogP contribution is -2.26. The molecule has 0 saturated heterocycles. The number of ether oxygens (including phenoxy) is 1. The molecule has 1 aliphatic carbocycles. The maximum Gasteiger partial charge on any atom is 0.219 e. The summed E-state index contributed by atoms with van der Waals surface area (Å²) < 4.78 is 10.1. The van der Waals surface area contributed by atoms with Crippen molar-refractivity contribution in [1.82, 2.24) is 10.3 Å². The first-order valence-corrected chi connectivity index (χ1v) is 9.90. The van der Waals surface area contributed by atoms with Gasteiger partial charge >= 0.3 is 0 Å². The maximum absolute atomic E-state index is 13.2. The maximum atomic E-state index is 13.2. The molecule has 2 aromatic heterocycles. The van der Waals surface area contributed by atoms with Crippen LogP contribution in [-0.2, 0) is 4.79 Å². The Bertz CT molecular complexity index is 1040. The Balaban J connectivity index is 1.55. The molecule has 2 atom stereocenters. The van der Waals surface area contributed by atoms with Crippen molar-refractivity contribution >= 4 is 28.8 Å². The van der Waals surface area contributed by atoms with E-state index < -0.39 is 0 Å². The number of hydrogen-bond donors (Lipinski definition) is 2. The Morgan fingerprint density at radius 3 is 2.71 bits per heavy atom. The van der Waals surface area contributed by atoms with Gasteiger partial charge in [0, 0.05) is 22.6 Å². The van der Waals surface area contributed by atoms with Crippen molar-refractivity contribution in [2.45, 2.75) is 24.8 Å². The van der Waals surface area contributed by atoms with Crippen molar-refractivity contribution in [3.05, 3.63) is 63.5 Å². The van der Waals surface area contributed by atoms with Crippen LogP contribution in [0.25, 0.3) is 0 Å². The van der Waals surface area contributed by atoms with E-state index in [-0.39, 0.29) is 17.7 Å². The average molecular weight is 394 g/mol. The molecular weight excluding hydrogens is 376 g/mol. The SMILES string of the molecule is COc1ccc(C2CC(=O)C3=C(C2)Nc2nonc2NC3c2cccs2)cc1. The van der Waals surface area contributed by atoms with Crippen LogP contribution < -0.4 is 15.4 Å². The number of methoxy groups -OCH3 is 1. The smallest absolute Gasteiger partial charge is 0.219 e. The molecule has 3 heterocycles. The second-order valence-corrected chi connectivity index (χ2v) is 7.85. The molecule has 2 aliphatic rings. The summed E-state index contributed by atoms with van der Waals surface area (Å²) in [7, 11) is 1.65. The number of fused-ring (bicyclic) bond motifs is 1. The number of carbonyl (C=O) groups excluding carboxylic acids is 1. The summed E-state index contributed by atoms with van der Waals surface area (Å²) >= 11 is 1.61. The number of aromatic nitrogens is 2. The molecule has 0 spiro atoms. The highest BCUT2D eigenvalue weighted by molar-refractivity contribution is 7.10. The van der Waals surface area contributed by atoms with E-state index >= 15 is 0 Å². The minimum absolute atomic E-state index is 0.0926. The number of nitrogens with zero attached hydrogens (tertiary/aromatic N) is 2. The van der Waals surface area contributed by atoms with Gasteiger partial charge in [-0.25, -0.2) is 4.63 Å². The Kier molecular flexibility index (Phi) is 4.12. The number of ketones is 1. The summed E-state index contributed by atoms with van der Waals surface area (Å²) in [5, 5.41) is 16.5. The molecule has 0 bridgehead atoms. The minimum Gasteiger partial charge on any atom is -0.497 e. The fourth-order valence-electron chi connectivity index (χ4n) is 3.88. The Labute approximate surface area is 165 Å². The second kappa shape index (κ2) is 6.79. The largest absolute Gasteiger partial charge is 0.497 e. The Hall–Kier alpha value is -3.13. The quantitative estimate of drug-likeness (QED) is 0.691. The van der Waals surface area contributed by atoms with Gasteiger partial charge in [-0.1, -0.05) is 18.2 Å². The van der Waals surface area contributed by atoms with Crippen LogP contribution in [0, 0.1) is 0 Å². The predicted octanol–water partition coefficient (Wildman–Crippen LogP) is 4.12. The van der Waals surface area contributed by atoms with Crippen LogP contribution in [0.2, 0.25) is 0 Å². The van der Waals surface area contributed by atoms with Crippen molar-refractivity contribution in [1.29, 1.82) is 0 Å². The third kappa shape index (κ3) is 2.86. The molecule has 0 fully saturated rings. The molecule has 0 amide bonds. The lowest BCUT2D eigenvalue weighted by Gasteiger charge is -2.29. The van der Waals surface area contributed by atoms with Crippen LogP contribution in [0.3, 0.4) is 0 Å². The van der Waals surface area contributed by atoms with Gasteiger partial charge in [0.15, 0.2) is 5.78 Å². The average Bonchev–Trinajstić information content (AvgIpc) is 3.37. The summed E-state index contributed by atoms with van der Waals surface area (Å²) in [6.07, 6.45) is 1.18. The highest BCUT2D eigenvalue weighted by Crippen LogP contribution is 2.44. The monoisotopic (exact) mass is 394 g/mol. The van der Waals surface area contributed by atoms with E-state index in [9.17, 15) is 4.79 Å². The van der Waals surface area contributed by atoms with Crippen LogP contribution in [0.1, 0.15) is 35.2 Å². The summed E-state index contributed by atoms with van der Waals surface area (Å²) in [5.41, 5.74) is 2.75. The van der Waals surface area contributed by atoms with Crippen LogP contribution in [0.15, 0.2) is 57.7 Å². The first kappa shape index (κ1) is 17.0. The van der Waals surface area contributed by atoms with E-state index in [1.807, 2.05) is 41.8 Å². The molecule has 28 heavy (non-hydrogen) atoms. The zero-order chi connectivity index (χ0) is 19.1. The first-order chi connectivity index (χ1) is 13.7. The van der Waals surface area contributed by atoms with Crippen LogP contribution >= 0.6 is 11.3 Å². The normalized spacial score (nSPS) is 21.2. The van der Waals surface area contributed by atoms with Crippen molar-refractivity contribution in [2.75, 3.05) is 17.7 Å². The Morgan fingerprint density at radius 1 is 1.14 bits per heavy atom. The second-order valence-electron chi connectivity index (χ2n) is 6.87. The first-order valence-electron chi connectivity index (χ1n) is 9.02. The van der Waals surface area contributed by atoms with E-state index in [0.717, 1.165) is 27.5 Å². The van der Waals surface area contributed by atoms with Gasteiger partial charge in [-0.05, 0) is 51.8 Å². The van der Waals surface area contributed by atoms with Gasteiger partial charge in [0.1, 0.15) is 5.75 Å². The number of benzene rings is 1. The van der Waals surface area contributed by atoms with E-state index in [0.29, 0.717) is 24.5 Å². The van der Waals surface area contributed by atoms with Gasteiger partial charge in [-0.2, -0.15) is 0 Å². The van der Waals surface area contributed by atoms with E-state index in [4.69, 9.17) is 9.37 Å². The lowest BCUT2D eigenvalue weighted by atomic mass is 9.79. The topological polar surface area (TPSA) is 89.3 Å². The number of rotatable bonds is 3. The highest BCUT2D eigenvalue weighted by atomic mass is 32.1. The number of hydrogen-bond acceptors (Lipinski definition) is 8. The molecule has 1 aromatic carbocycles. The molecular formula is C20H18N4O3S. The van der Waals surface area contributed by atoms with E-state index in [2.05, 4.69) is 20.9 Å². The lowest BCUT2D eigenvalue weighted by molar-refractivity contribution is -0.116. The van der Waals surface area contributed by atoms with Crippen molar-refractivity contribution < 1.29 is 14.2 Å². The van der Waals surface area contributed by atoms with Gasteiger partial charge in [0.05, 0.1) is 13.2 Å². The zero-order valence-electron chi connectivity index (χ0n) is 15.1.